The molecule has 1 aliphatic heterocycles. The molecule has 1 N–H and O–H groups in total. The summed E-state index contributed by atoms with van der Waals surface area (Å²) in [5.41, 5.74) is -0.818. The molecule has 27 heavy (non-hydrogen) atoms. The van der Waals surface area contributed by atoms with Crippen molar-refractivity contribution in [3.8, 4) is 5.75 Å². The number of piperidine rings is 1. The number of alkyl halides is 3. The Bertz CT molecular complexity index is 759. The lowest BCUT2D eigenvalue weighted by Gasteiger charge is -2.48. The van der Waals surface area contributed by atoms with Crippen molar-refractivity contribution in [2.75, 3.05) is 6.54 Å². The van der Waals surface area contributed by atoms with E-state index in [9.17, 15) is 27.9 Å². The predicted molar refractivity (Wildman–Crippen MR) is 89.4 cm³/mol. The van der Waals surface area contributed by atoms with Crippen molar-refractivity contribution in [3.63, 3.8) is 0 Å². The number of amides is 2. The molecule has 0 radical (unpaired) electrons. The van der Waals surface area contributed by atoms with E-state index in [1.807, 2.05) is 20.8 Å². The minimum Gasteiger partial charge on any atom is -0.406 e. The van der Waals surface area contributed by atoms with Crippen molar-refractivity contribution in [1.29, 1.82) is 0 Å². The third-order valence-corrected chi connectivity index (χ3v) is 6.36. The molecule has 2 aliphatic rings. The first-order valence-electron chi connectivity index (χ1n) is 8.76. The van der Waals surface area contributed by atoms with Crippen LogP contribution in [0.15, 0.2) is 24.3 Å². The third kappa shape index (κ3) is 3.20. The van der Waals surface area contributed by atoms with E-state index in [0.29, 0.717) is 18.4 Å². The average Bonchev–Trinajstić information content (AvgIpc) is 2.75. The van der Waals surface area contributed by atoms with E-state index >= 15 is 0 Å². The maximum absolute atomic E-state index is 13.0. The van der Waals surface area contributed by atoms with Crippen molar-refractivity contribution in [3.05, 3.63) is 29.8 Å². The first-order valence-corrected chi connectivity index (χ1v) is 8.76. The SMILES string of the molecule is CC12CCC(C(=O)N(CC(O)c3ccc(OC(F)(F)F)cc3)C1=O)C2(C)C. The maximum Gasteiger partial charge on any atom is 0.573 e. The molecule has 0 aromatic heterocycles. The van der Waals surface area contributed by atoms with Crippen molar-refractivity contribution < 1.29 is 32.6 Å². The minimum absolute atomic E-state index is 0.223. The van der Waals surface area contributed by atoms with E-state index in [1.54, 1.807) is 0 Å². The molecule has 148 valence electrons. The minimum atomic E-state index is -4.80. The van der Waals surface area contributed by atoms with Crippen LogP contribution in [0.5, 0.6) is 5.75 Å². The van der Waals surface area contributed by atoms with Gasteiger partial charge in [-0.25, -0.2) is 0 Å². The molecule has 2 amide bonds. The van der Waals surface area contributed by atoms with E-state index in [2.05, 4.69) is 4.74 Å². The van der Waals surface area contributed by atoms with Crippen molar-refractivity contribution in [2.45, 2.75) is 46.1 Å². The highest BCUT2D eigenvalue weighted by Crippen LogP contribution is 2.60. The fraction of sp³-hybridized carbons (Fsp3) is 0.579. The lowest BCUT2D eigenvalue weighted by atomic mass is 9.62. The largest absolute Gasteiger partial charge is 0.573 e. The Morgan fingerprint density at radius 2 is 1.81 bits per heavy atom. The molecule has 8 heteroatoms. The molecule has 3 atom stereocenters. The lowest BCUT2D eigenvalue weighted by Crippen LogP contribution is -2.59. The summed E-state index contributed by atoms with van der Waals surface area (Å²) in [5.74, 6) is -1.29. The molecule has 5 nitrogen and oxygen atoms in total. The van der Waals surface area contributed by atoms with Gasteiger partial charge in [0, 0.05) is 5.92 Å². The van der Waals surface area contributed by atoms with Crippen molar-refractivity contribution in [2.24, 2.45) is 16.7 Å². The number of β-amino-alcohol motifs (C(OH)–C–C–N with tert-alkyl or cyclic N) is 1. The van der Waals surface area contributed by atoms with Crippen LogP contribution in [0.1, 0.15) is 45.3 Å². The topological polar surface area (TPSA) is 66.8 Å². The highest BCUT2D eigenvalue weighted by atomic mass is 19.4. The number of carbonyl (C=O) groups excluding carboxylic acids is 2. The molecule has 1 saturated carbocycles. The lowest BCUT2D eigenvalue weighted by molar-refractivity contribution is -0.274. The highest BCUT2D eigenvalue weighted by molar-refractivity contribution is 6.03. The number of hydrogen-bond acceptors (Lipinski definition) is 4. The normalized spacial score (nSPS) is 28.4. The smallest absolute Gasteiger partial charge is 0.406 e. The zero-order valence-electron chi connectivity index (χ0n) is 15.3. The first-order chi connectivity index (χ1) is 12.4. The van der Waals surface area contributed by atoms with Crippen molar-refractivity contribution >= 4 is 11.8 Å². The zero-order valence-corrected chi connectivity index (χ0v) is 15.3. The Morgan fingerprint density at radius 3 is 2.37 bits per heavy atom. The Morgan fingerprint density at radius 1 is 1.22 bits per heavy atom. The van der Waals surface area contributed by atoms with Gasteiger partial charge in [0.2, 0.25) is 11.8 Å². The zero-order chi connectivity index (χ0) is 20.2. The van der Waals surface area contributed by atoms with Gasteiger partial charge < -0.3 is 9.84 Å². The van der Waals surface area contributed by atoms with Crippen LogP contribution >= 0.6 is 0 Å². The van der Waals surface area contributed by atoms with Crippen LogP contribution in [-0.2, 0) is 9.59 Å². The first kappa shape index (κ1) is 19.7. The number of imide groups is 1. The molecule has 1 saturated heterocycles. The molecule has 3 rings (SSSR count). The van der Waals surface area contributed by atoms with Gasteiger partial charge in [-0.1, -0.05) is 32.9 Å². The number of aliphatic hydroxyl groups is 1. The number of hydrogen-bond donors (Lipinski definition) is 1. The number of carbonyl (C=O) groups is 2. The molecule has 0 spiro atoms. The monoisotopic (exact) mass is 385 g/mol. The number of nitrogens with zero attached hydrogens (tertiary/aromatic N) is 1. The summed E-state index contributed by atoms with van der Waals surface area (Å²) in [7, 11) is 0. The van der Waals surface area contributed by atoms with Crippen LogP contribution in [0.3, 0.4) is 0 Å². The van der Waals surface area contributed by atoms with Gasteiger partial charge in [0.15, 0.2) is 0 Å². The fourth-order valence-corrected chi connectivity index (χ4v) is 4.24. The average molecular weight is 385 g/mol. The van der Waals surface area contributed by atoms with Gasteiger partial charge in [-0.2, -0.15) is 0 Å². The van der Waals surface area contributed by atoms with Crippen LogP contribution in [-0.4, -0.2) is 34.7 Å². The van der Waals surface area contributed by atoms with E-state index < -0.39 is 29.0 Å². The van der Waals surface area contributed by atoms with E-state index in [4.69, 9.17) is 0 Å². The quantitative estimate of drug-likeness (QED) is 0.807. The number of aliphatic hydroxyl groups excluding tert-OH is 1. The predicted octanol–water partition coefficient (Wildman–Crippen LogP) is 3.43. The summed E-state index contributed by atoms with van der Waals surface area (Å²) in [6, 6.07) is 4.73. The van der Waals surface area contributed by atoms with Crippen LogP contribution in [0.2, 0.25) is 0 Å². The van der Waals surface area contributed by atoms with Gasteiger partial charge in [0.05, 0.1) is 18.1 Å². The molecule has 1 aromatic rings. The van der Waals surface area contributed by atoms with Gasteiger partial charge in [-0.05, 0) is 36.0 Å². The third-order valence-electron chi connectivity index (χ3n) is 6.36. The molecule has 1 aromatic carbocycles. The van der Waals surface area contributed by atoms with Crippen LogP contribution in [0, 0.1) is 16.7 Å². The molecule has 2 bridgehead atoms. The fourth-order valence-electron chi connectivity index (χ4n) is 4.24. The summed E-state index contributed by atoms with van der Waals surface area (Å²) < 4.78 is 40.5. The van der Waals surface area contributed by atoms with Gasteiger partial charge in [-0.15, -0.1) is 13.2 Å². The second-order valence-corrected chi connectivity index (χ2v) is 8.03. The van der Waals surface area contributed by atoms with Gasteiger partial charge >= 0.3 is 6.36 Å². The van der Waals surface area contributed by atoms with Crippen LogP contribution in [0.25, 0.3) is 0 Å². The summed E-state index contributed by atoms with van der Waals surface area (Å²) in [4.78, 5) is 26.8. The summed E-state index contributed by atoms with van der Waals surface area (Å²) in [6.45, 7) is 5.48. The summed E-state index contributed by atoms with van der Waals surface area (Å²) >= 11 is 0. The standard InChI is InChI=1S/C19H22F3NO4/c1-17(2)13-8-9-18(17,3)16(26)23(15(13)25)10-14(24)11-4-6-12(7-5-11)27-19(20,21)22/h4-7,13-14,24H,8-10H2,1-3H3. The number of benzene rings is 1. The highest BCUT2D eigenvalue weighted by Gasteiger charge is 2.64. The van der Waals surface area contributed by atoms with Crippen molar-refractivity contribution in [1.82, 2.24) is 4.90 Å². The maximum atomic E-state index is 13.0. The van der Waals surface area contributed by atoms with E-state index in [1.165, 1.54) is 12.1 Å². The number of likely N-dealkylation sites (tertiary alicyclic amines) is 1. The van der Waals surface area contributed by atoms with Crippen LogP contribution in [0.4, 0.5) is 13.2 Å². The van der Waals surface area contributed by atoms with Gasteiger partial charge in [0.1, 0.15) is 5.75 Å². The molecule has 3 unspecified atom stereocenters. The van der Waals surface area contributed by atoms with E-state index in [0.717, 1.165) is 17.0 Å². The number of ether oxygens (including phenoxy) is 1. The molecule has 1 heterocycles. The second-order valence-electron chi connectivity index (χ2n) is 8.03. The van der Waals surface area contributed by atoms with Gasteiger partial charge in [0.25, 0.3) is 0 Å². The summed E-state index contributed by atoms with van der Waals surface area (Å²) in [5, 5.41) is 10.4. The Labute approximate surface area is 155 Å². The Hall–Kier alpha value is -2.09. The molecular formula is C19H22F3NO4. The van der Waals surface area contributed by atoms with Gasteiger partial charge in [-0.3, -0.25) is 14.5 Å². The summed E-state index contributed by atoms with van der Waals surface area (Å²) in [6.07, 6.45) is -4.74. The Kier molecular flexibility index (Phi) is 4.53. The van der Waals surface area contributed by atoms with E-state index in [-0.39, 0.29) is 24.3 Å². The van der Waals surface area contributed by atoms with Crippen LogP contribution < -0.4 is 4.74 Å². The number of fused-ring (bicyclic) bond motifs is 2. The molecular weight excluding hydrogens is 363 g/mol. The molecule has 1 aliphatic carbocycles. The number of rotatable bonds is 4. The Balaban J connectivity index is 1.75. The molecule has 2 fully saturated rings. The second kappa shape index (κ2) is 6.22. The number of halogens is 3.